The van der Waals surface area contributed by atoms with E-state index in [0.717, 1.165) is 0 Å². The molecule has 2 aromatic carbocycles. The Morgan fingerprint density at radius 3 is 2.69 bits per heavy atom. The van der Waals surface area contributed by atoms with E-state index < -0.39 is 11.8 Å². The van der Waals surface area contributed by atoms with Gasteiger partial charge in [0, 0.05) is 5.39 Å². The number of methoxy groups -OCH3 is 1. The first-order chi connectivity index (χ1) is 14.1. The minimum absolute atomic E-state index is 0.139. The third-order valence-electron chi connectivity index (χ3n) is 4.18. The molecule has 0 spiro atoms. The largest absolute Gasteiger partial charge is 0.496 e. The van der Waals surface area contributed by atoms with Crippen LogP contribution in [-0.2, 0) is 11.3 Å². The number of carbonyl (C=O) groups is 2. The van der Waals surface area contributed by atoms with Crippen LogP contribution in [-0.4, -0.2) is 35.1 Å². The lowest BCUT2D eigenvalue weighted by atomic mass is 10.2. The molecule has 3 rings (SSSR count). The minimum Gasteiger partial charge on any atom is -0.496 e. The number of hydrogen-bond donors (Lipinski definition) is 2. The van der Waals surface area contributed by atoms with E-state index in [0.29, 0.717) is 22.2 Å². The second kappa shape index (κ2) is 8.71. The summed E-state index contributed by atoms with van der Waals surface area (Å²) < 4.78 is 6.62. The third-order valence-corrected chi connectivity index (χ3v) is 4.18. The molecule has 1 heterocycles. The predicted molar refractivity (Wildman–Crippen MR) is 107 cm³/mol. The topological polar surface area (TPSA) is 105 Å². The van der Waals surface area contributed by atoms with Crippen molar-refractivity contribution in [2.45, 2.75) is 6.54 Å². The summed E-state index contributed by atoms with van der Waals surface area (Å²) >= 11 is 0. The summed E-state index contributed by atoms with van der Waals surface area (Å²) in [4.78, 5) is 24.3. The van der Waals surface area contributed by atoms with Crippen molar-refractivity contribution < 1.29 is 19.4 Å². The zero-order valence-electron chi connectivity index (χ0n) is 15.6. The molecular weight excluding hydrogens is 372 g/mol. The highest BCUT2D eigenvalue weighted by Gasteiger charge is 2.16. The molecular formula is C21H18N4O4. The van der Waals surface area contributed by atoms with Crippen molar-refractivity contribution in [2.24, 2.45) is 10.2 Å². The molecule has 0 bridgehead atoms. The Kier molecular flexibility index (Phi) is 5.90. The molecule has 0 aliphatic heterocycles. The summed E-state index contributed by atoms with van der Waals surface area (Å²) in [6, 6.07) is 13.7. The lowest BCUT2D eigenvalue weighted by molar-refractivity contribution is -0.117. The number of ether oxygens (including phenoxy) is 1. The zero-order chi connectivity index (χ0) is 20.8. The maximum atomic E-state index is 12.2. The van der Waals surface area contributed by atoms with Crippen LogP contribution in [0.15, 0.2) is 58.8 Å². The monoisotopic (exact) mass is 390 g/mol. The number of nitrogens with zero attached hydrogens (tertiary/aromatic N) is 3. The van der Waals surface area contributed by atoms with Crippen molar-refractivity contribution in [3.8, 4) is 24.0 Å². The van der Waals surface area contributed by atoms with Crippen molar-refractivity contribution in [1.29, 1.82) is 0 Å². The molecule has 2 N–H and O–H groups in total. The van der Waals surface area contributed by atoms with Gasteiger partial charge in [-0.25, -0.2) is 0 Å². The molecule has 0 saturated carbocycles. The highest BCUT2D eigenvalue weighted by molar-refractivity contribution is 5.99. The molecule has 0 unspecified atom stereocenters. The molecule has 1 aromatic heterocycles. The van der Waals surface area contributed by atoms with Crippen molar-refractivity contribution in [3.05, 3.63) is 54.1 Å². The molecule has 0 aliphatic carbocycles. The number of terminal acetylenes is 1. The molecule has 0 aliphatic rings. The van der Waals surface area contributed by atoms with Crippen LogP contribution in [0.2, 0.25) is 0 Å². The number of nitrogens with one attached hydrogen (secondary N) is 1. The standard InChI is InChI=1S/C21H18N4O4/c1-3-12-25-16-10-6-4-8-14(16)19(21(25)28)24-23-18(26)13-22-20(27)15-9-5-7-11-17(15)29-2/h1,4-11,28H,12-13H2,2H3,(H,22,27). The van der Waals surface area contributed by atoms with Gasteiger partial charge in [-0.2, -0.15) is 0 Å². The van der Waals surface area contributed by atoms with Gasteiger partial charge >= 0.3 is 0 Å². The van der Waals surface area contributed by atoms with E-state index in [1.165, 1.54) is 11.7 Å². The summed E-state index contributed by atoms with van der Waals surface area (Å²) in [5.41, 5.74) is 1.11. The van der Waals surface area contributed by atoms with E-state index in [1.54, 1.807) is 48.5 Å². The number of para-hydroxylation sites is 2. The predicted octanol–water partition coefficient (Wildman–Crippen LogP) is 3.03. The Bertz CT molecular complexity index is 1140. The molecule has 0 radical (unpaired) electrons. The van der Waals surface area contributed by atoms with Crippen LogP contribution < -0.4 is 10.1 Å². The number of hydrogen-bond acceptors (Lipinski definition) is 5. The van der Waals surface area contributed by atoms with Crippen molar-refractivity contribution in [1.82, 2.24) is 9.88 Å². The molecule has 8 heteroatoms. The van der Waals surface area contributed by atoms with Gasteiger partial charge in [-0.1, -0.05) is 36.3 Å². The van der Waals surface area contributed by atoms with Crippen LogP contribution in [0.25, 0.3) is 10.9 Å². The molecule has 3 aromatic rings. The smallest absolute Gasteiger partial charge is 0.283 e. The lowest BCUT2D eigenvalue weighted by Gasteiger charge is -2.07. The number of carbonyl (C=O) groups excluding carboxylic acids is 2. The Morgan fingerprint density at radius 2 is 1.93 bits per heavy atom. The van der Waals surface area contributed by atoms with E-state index in [9.17, 15) is 14.7 Å². The van der Waals surface area contributed by atoms with Gasteiger partial charge in [-0.15, -0.1) is 16.7 Å². The molecule has 146 valence electrons. The summed E-state index contributed by atoms with van der Waals surface area (Å²) in [7, 11) is 1.45. The van der Waals surface area contributed by atoms with Crippen molar-refractivity contribution >= 4 is 28.4 Å². The normalized spacial score (nSPS) is 10.8. The van der Waals surface area contributed by atoms with Crippen LogP contribution in [0.3, 0.4) is 0 Å². The van der Waals surface area contributed by atoms with Gasteiger partial charge in [-0.05, 0) is 18.2 Å². The average Bonchev–Trinajstić information content (AvgIpc) is 3.02. The second-order valence-electron chi connectivity index (χ2n) is 5.96. The molecule has 0 atom stereocenters. The summed E-state index contributed by atoms with van der Waals surface area (Å²) in [6.07, 6.45) is 5.35. The van der Waals surface area contributed by atoms with Gasteiger partial charge in [0.1, 0.15) is 12.3 Å². The zero-order valence-corrected chi connectivity index (χ0v) is 15.6. The molecule has 0 saturated heterocycles. The minimum atomic E-state index is -0.679. The van der Waals surface area contributed by atoms with Crippen LogP contribution >= 0.6 is 0 Å². The number of fused-ring (bicyclic) bond motifs is 1. The number of amides is 2. The fraction of sp³-hybridized carbons (Fsp3) is 0.143. The summed E-state index contributed by atoms with van der Waals surface area (Å²) in [5.74, 6) is 1.52. The number of benzene rings is 2. The fourth-order valence-corrected chi connectivity index (χ4v) is 2.85. The van der Waals surface area contributed by atoms with Crippen LogP contribution in [0.1, 0.15) is 10.4 Å². The van der Waals surface area contributed by atoms with Crippen LogP contribution in [0.5, 0.6) is 11.6 Å². The van der Waals surface area contributed by atoms with Crippen molar-refractivity contribution in [3.63, 3.8) is 0 Å². The van der Waals surface area contributed by atoms with E-state index >= 15 is 0 Å². The van der Waals surface area contributed by atoms with Crippen molar-refractivity contribution in [2.75, 3.05) is 13.7 Å². The highest BCUT2D eigenvalue weighted by atomic mass is 16.5. The number of aromatic nitrogens is 1. The second-order valence-corrected chi connectivity index (χ2v) is 5.96. The first-order valence-corrected chi connectivity index (χ1v) is 8.66. The SMILES string of the molecule is C#CCn1c(O)c(N=NC(=O)CNC(=O)c2ccccc2OC)c2ccccc21. The van der Waals surface area contributed by atoms with E-state index in [-0.39, 0.29) is 24.7 Å². The first-order valence-electron chi connectivity index (χ1n) is 8.66. The molecule has 29 heavy (non-hydrogen) atoms. The Hall–Kier alpha value is -4.12. The van der Waals surface area contributed by atoms with E-state index in [2.05, 4.69) is 21.5 Å². The van der Waals surface area contributed by atoms with E-state index in [1.807, 2.05) is 0 Å². The maximum absolute atomic E-state index is 12.2. The summed E-state index contributed by atoms with van der Waals surface area (Å²) in [6.45, 7) is -0.213. The van der Waals surface area contributed by atoms with Crippen LogP contribution in [0.4, 0.5) is 5.69 Å². The fourth-order valence-electron chi connectivity index (χ4n) is 2.85. The van der Waals surface area contributed by atoms with Gasteiger partial charge in [-0.3, -0.25) is 14.2 Å². The van der Waals surface area contributed by atoms with E-state index in [4.69, 9.17) is 11.2 Å². The maximum Gasteiger partial charge on any atom is 0.283 e. The molecule has 2 amide bonds. The average molecular weight is 390 g/mol. The van der Waals surface area contributed by atoms with Crippen LogP contribution in [0, 0.1) is 12.3 Å². The Morgan fingerprint density at radius 1 is 1.21 bits per heavy atom. The third kappa shape index (κ3) is 4.09. The first kappa shape index (κ1) is 19.6. The number of rotatable bonds is 6. The van der Waals surface area contributed by atoms with Gasteiger partial charge in [0.2, 0.25) is 5.88 Å². The van der Waals surface area contributed by atoms with Gasteiger partial charge < -0.3 is 15.2 Å². The Balaban J connectivity index is 1.74. The molecule has 0 fully saturated rings. The lowest BCUT2D eigenvalue weighted by Crippen LogP contribution is -2.28. The number of aromatic hydroxyl groups is 1. The quantitative estimate of drug-likeness (QED) is 0.498. The highest BCUT2D eigenvalue weighted by Crippen LogP contribution is 2.38. The summed E-state index contributed by atoms with van der Waals surface area (Å²) in [5, 5.41) is 21.0. The van der Waals surface area contributed by atoms with Gasteiger partial charge in [0.15, 0.2) is 5.69 Å². The van der Waals surface area contributed by atoms with Gasteiger partial charge in [0.05, 0.1) is 24.7 Å². The molecule has 8 nitrogen and oxygen atoms in total. The Labute approximate surface area is 166 Å². The number of azo groups is 1. The van der Waals surface area contributed by atoms with Gasteiger partial charge in [0.25, 0.3) is 11.8 Å².